The molecular formula is C15H23NO2. The third kappa shape index (κ3) is 4.49. The van der Waals surface area contributed by atoms with Gasteiger partial charge in [0.1, 0.15) is 11.5 Å². The van der Waals surface area contributed by atoms with Gasteiger partial charge in [0.05, 0.1) is 7.11 Å². The quantitative estimate of drug-likeness (QED) is 0.754. The standard InChI is InChI=1S/C15H23NO2/c1-11-10-15(18-4)12(2)9-14(11)6-8-16-7-5-13(3)17/h9-10,16H,5-8H2,1-4H3. The predicted octanol–water partition coefficient (Wildman–Crippen LogP) is 2.42. The molecule has 0 amide bonds. The van der Waals surface area contributed by atoms with Gasteiger partial charge in [-0.15, -0.1) is 0 Å². The lowest BCUT2D eigenvalue weighted by atomic mass is 10.0. The molecule has 1 rings (SSSR count). The van der Waals surface area contributed by atoms with E-state index in [-0.39, 0.29) is 5.78 Å². The molecule has 1 aromatic carbocycles. The maximum atomic E-state index is 10.8. The topological polar surface area (TPSA) is 38.3 Å². The first-order chi connectivity index (χ1) is 8.54. The van der Waals surface area contributed by atoms with Crippen LogP contribution in [-0.2, 0) is 11.2 Å². The number of methoxy groups -OCH3 is 1. The van der Waals surface area contributed by atoms with Crippen LogP contribution in [0.4, 0.5) is 0 Å². The van der Waals surface area contributed by atoms with Gasteiger partial charge in [0, 0.05) is 13.0 Å². The largest absolute Gasteiger partial charge is 0.496 e. The Morgan fingerprint density at radius 2 is 1.94 bits per heavy atom. The number of carbonyl (C=O) groups is 1. The number of ketones is 1. The lowest BCUT2D eigenvalue weighted by Gasteiger charge is -2.11. The molecule has 0 aliphatic carbocycles. The van der Waals surface area contributed by atoms with Crippen LogP contribution in [0.2, 0.25) is 0 Å². The van der Waals surface area contributed by atoms with Gasteiger partial charge in [0.15, 0.2) is 0 Å². The number of hydrogen-bond acceptors (Lipinski definition) is 3. The van der Waals surface area contributed by atoms with Crippen LogP contribution in [0.15, 0.2) is 12.1 Å². The molecule has 100 valence electrons. The van der Waals surface area contributed by atoms with Crippen LogP contribution in [-0.4, -0.2) is 26.0 Å². The first kappa shape index (κ1) is 14.7. The second-order valence-electron chi connectivity index (χ2n) is 4.70. The van der Waals surface area contributed by atoms with E-state index in [2.05, 4.69) is 31.3 Å². The number of ether oxygens (including phenoxy) is 1. The molecular weight excluding hydrogens is 226 g/mol. The summed E-state index contributed by atoms with van der Waals surface area (Å²) in [7, 11) is 1.70. The number of benzene rings is 1. The molecule has 3 nitrogen and oxygen atoms in total. The van der Waals surface area contributed by atoms with Crippen LogP contribution in [0, 0.1) is 13.8 Å². The van der Waals surface area contributed by atoms with Crippen molar-refractivity contribution in [3.05, 3.63) is 28.8 Å². The van der Waals surface area contributed by atoms with Crippen molar-refractivity contribution >= 4 is 5.78 Å². The van der Waals surface area contributed by atoms with Crippen molar-refractivity contribution < 1.29 is 9.53 Å². The van der Waals surface area contributed by atoms with Gasteiger partial charge in [0.25, 0.3) is 0 Å². The smallest absolute Gasteiger partial charge is 0.131 e. The summed E-state index contributed by atoms with van der Waals surface area (Å²) in [6.07, 6.45) is 1.59. The monoisotopic (exact) mass is 249 g/mol. The minimum atomic E-state index is 0.235. The molecule has 0 bridgehead atoms. The first-order valence-corrected chi connectivity index (χ1v) is 6.39. The highest BCUT2D eigenvalue weighted by Crippen LogP contribution is 2.22. The summed E-state index contributed by atoms with van der Waals surface area (Å²) in [5.41, 5.74) is 3.76. The highest BCUT2D eigenvalue weighted by atomic mass is 16.5. The van der Waals surface area contributed by atoms with E-state index in [1.165, 1.54) is 16.7 Å². The van der Waals surface area contributed by atoms with Gasteiger partial charge in [-0.2, -0.15) is 0 Å². The molecule has 0 saturated heterocycles. The van der Waals surface area contributed by atoms with E-state index in [1.54, 1.807) is 14.0 Å². The zero-order valence-electron chi connectivity index (χ0n) is 11.8. The number of rotatable bonds is 7. The Labute approximate surface area is 110 Å². The first-order valence-electron chi connectivity index (χ1n) is 6.39. The van der Waals surface area contributed by atoms with Crippen LogP contribution in [0.1, 0.15) is 30.0 Å². The molecule has 0 saturated carbocycles. The lowest BCUT2D eigenvalue weighted by Crippen LogP contribution is -2.20. The Balaban J connectivity index is 2.47. The number of nitrogens with one attached hydrogen (secondary N) is 1. The fraction of sp³-hybridized carbons (Fsp3) is 0.533. The van der Waals surface area contributed by atoms with E-state index >= 15 is 0 Å². The van der Waals surface area contributed by atoms with E-state index in [1.807, 2.05) is 0 Å². The van der Waals surface area contributed by atoms with Gasteiger partial charge >= 0.3 is 0 Å². The van der Waals surface area contributed by atoms with E-state index in [4.69, 9.17) is 4.74 Å². The third-order valence-electron chi connectivity index (χ3n) is 3.08. The second kappa shape index (κ2) is 7.17. The molecule has 0 fully saturated rings. The number of aryl methyl sites for hydroxylation is 2. The van der Waals surface area contributed by atoms with Gasteiger partial charge < -0.3 is 10.1 Å². The molecule has 0 spiro atoms. The van der Waals surface area contributed by atoms with Crippen LogP contribution >= 0.6 is 0 Å². The molecule has 3 heteroatoms. The second-order valence-corrected chi connectivity index (χ2v) is 4.70. The Bertz CT molecular complexity index is 413. The van der Waals surface area contributed by atoms with Crippen molar-refractivity contribution in [1.29, 1.82) is 0 Å². The van der Waals surface area contributed by atoms with Gasteiger partial charge in [-0.25, -0.2) is 0 Å². The predicted molar refractivity (Wildman–Crippen MR) is 74.3 cm³/mol. The van der Waals surface area contributed by atoms with E-state index < -0.39 is 0 Å². The van der Waals surface area contributed by atoms with Crippen LogP contribution < -0.4 is 10.1 Å². The minimum absolute atomic E-state index is 0.235. The molecule has 18 heavy (non-hydrogen) atoms. The maximum Gasteiger partial charge on any atom is 0.131 e. The average Bonchev–Trinajstić information content (AvgIpc) is 2.32. The third-order valence-corrected chi connectivity index (χ3v) is 3.08. The highest BCUT2D eigenvalue weighted by Gasteiger charge is 2.04. The maximum absolute atomic E-state index is 10.8. The summed E-state index contributed by atoms with van der Waals surface area (Å²) in [5, 5.41) is 3.29. The molecule has 1 N–H and O–H groups in total. The molecule has 0 unspecified atom stereocenters. The fourth-order valence-corrected chi connectivity index (χ4v) is 1.95. The van der Waals surface area contributed by atoms with Crippen LogP contribution in [0.5, 0.6) is 5.75 Å². The molecule has 0 aromatic heterocycles. The number of hydrogen-bond donors (Lipinski definition) is 1. The van der Waals surface area contributed by atoms with Crippen LogP contribution in [0.25, 0.3) is 0 Å². The zero-order chi connectivity index (χ0) is 13.5. The summed E-state index contributed by atoms with van der Waals surface area (Å²) in [5.74, 6) is 1.18. The Kier molecular flexibility index (Phi) is 5.86. The highest BCUT2D eigenvalue weighted by molar-refractivity contribution is 5.75. The van der Waals surface area contributed by atoms with Crippen molar-refractivity contribution in [2.75, 3.05) is 20.2 Å². The molecule has 0 aliphatic heterocycles. The van der Waals surface area contributed by atoms with Crippen LogP contribution in [0.3, 0.4) is 0 Å². The molecule has 0 atom stereocenters. The van der Waals surface area contributed by atoms with Crippen molar-refractivity contribution in [2.24, 2.45) is 0 Å². The Morgan fingerprint density at radius 1 is 1.22 bits per heavy atom. The molecule has 0 heterocycles. The van der Waals surface area contributed by atoms with E-state index in [0.29, 0.717) is 6.42 Å². The number of Topliss-reactive ketones (excluding diaryl/α,β-unsaturated/α-hetero) is 1. The summed E-state index contributed by atoms with van der Waals surface area (Å²) in [4.78, 5) is 10.8. The summed E-state index contributed by atoms with van der Waals surface area (Å²) >= 11 is 0. The molecule has 1 aromatic rings. The summed E-state index contributed by atoms with van der Waals surface area (Å²) in [6.45, 7) is 7.46. The SMILES string of the molecule is COc1cc(C)c(CCNCCC(C)=O)cc1C. The molecule has 0 aliphatic rings. The fourth-order valence-electron chi connectivity index (χ4n) is 1.95. The minimum Gasteiger partial charge on any atom is -0.496 e. The number of carbonyl (C=O) groups excluding carboxylic acids is 1. The summed E-state index contributed by atoms with van der Waals surface area (Å²) in [6, 6.07) is 4.26. The Hall–Kier alpha value is -1.35. The lowest BCUT2D eigenvalue weighted by molar-refractivity contribution is -0.116. The van der Waals surface area contributed by atoms with E-state index in [0.717, 1.165) is 25.3 Å². The normalized spacial score (nSPS) is 10.4. The Morgan fingerprint density at radius 3 is 2.56 bits per heavy atom. The van der Waals surface area contributed by atoms with Gasteiger partial charge in [-0.3, -0.25) is 4.79 Å². The van der Waals surface area contributed by atoms with Gasteiger partial charge in [-0.05, 0) is 56.5 Å². The van der Waals surface area contributed by atoms with E-state index in [9.17, 15) is 4.79 Å². The summed E-state index contributed by atoms with van der Waals surface area (Å²) < 4.78 is 5.30. The van der Waals surface area contributed by atoms with Gasteiger partial charge in [-0.1, -0.05) is 6.07 Å². The van der Waals surface area contributed by atoms with Gasteiger partial charge in [0.2, 0.25) is 0 Å². The van der Waals surface area contributed by atoms with Crippen molar-refractivity contribution in [1.82, 2.24) is 5.32 Å². The van der Waals surface area contributed by atoms with Crippen molar-refractivity contribution in [3.8, 4) is 5.75 Å². The average molecular weight is 249 g/mol. The van der Waals surface area contributed by atoms with Crippen molar-refractivity contribution in [3.63, 3.8) is 0 Å². The van der Waals surface area contributed by atoms with Crippen molar-refractivity contribution in [2.45, 2.75) is 33.6 Å². The molecule has 0 radical (unpaired) electrons. The zero-order valence-corrected chi connectivity index (χ0v) is 11.8.